The summed E-state index contributed by atoms with van der Waals surface area (Å²) < 4.78 is 20.7. The van der Waals surface area contributed by atoms with E-state index in [0.29, 0.717) is 39.5 Å². The van der Waals surface area contributed by atoms with Crippen LogP contribution in [0.25, 0.3) is 0 Å². The summed E-state index contributed by atoms with van der Waals surface area (Å²) in [5.41, 5.74) is 0. The highest BCUT2D eigenvalue weighted by atomic mass is 16.7. The largest absolute Gasteiger partial charge is 0.436 e. The molecule has 0 saturated carbocycles. The minimum Gasteiger partial charge on any atom is -0.436 e. The Morgan fingerprint density at radius 3 is 2.35 bits per heavy atom. The van der Waals surface area contributed by atoms with Crippen molar-refractivity contribution in [2.75, 3.05) is 39.6 Å². The number of ether oxygens (including phenoxy) is 4. The number of carbonyl (C=O) groups excluding carboxylic acids is 1. The van der Waals surface area contributed by atoms with Crippen LogP contribution in [0.1, 0.15) is 39.5 Å². The molecule has 6 nitrogen and oxygen atoms in total. The quantitative estimate of drug-likeness (QED) is 0.297. The normalized spacial score (nSPS) is 12.3. The molecule has 0 rings (SSSR count). The fourth-order valence-electron chi connectivity index (χ4n) is 1.46. The van der Waals surface area contributed by atoms with Gasteiger partial charge in [-0.15, -0.1) is 0 Å². The molecule has 0 aromatic carbocycles. The van der Waals surface area contributed by atoms with E-state index in [9.17, 15) is 4.79 Å². The summed E-state index contributed by atoms with van der Waals surface area (Å²) in [6.45, 7) is 5.81. The highest BCUT2D eigenvalue weighted by Gasteiger charge is 2.08. The van der Waals surface area contributed by atoms with E-state index >= 15 is 0 Å². The van der Waals surface area contributed by atoms with Crippen LogP contribution in [0, 0.1) is 0 Å². The zero-order valence-electron chi connectivity index (χ0n) is 12.6. The first-order valence-electron chi connectivity index (χ1n) is 7.28. The molecule has 0 aliphatic heterocycles. The van der Waals surface area contributed by atoms with E-state index in [0.717, 1.165) is 19.3 Å². The molecule has 0 bridgehead atoms. The third-order valence-corrected chi connectivity index (χ3v) is 2.47. The van der Waals surface area contributed by atoms with E-state index in [1.165, 1.54) is 0 Å². The van der Waals surface area contributed by atoms with Crippen LogP contribution >= 0.6 is 0 Å². The Balaban J connectivity index is 3.31. The lowest BCUT2D eigenvalue weighted by Gasteiger charge is -2.14. The first-order valence-corrected chi connectivity index (χ1v) is 7.28. The van der Waals surface area contributed by atoms with Gasteiger partial charge in [-0.1, -0.05) is 19.8 Å². The monoisotopic (exact) mass is 292 g/mol. The summed E-state index contributed by atoms with van der Waals surface area (Å²) in [5, 5.41) is 8.48. The van der Waals surface area contributed by atoms with Gasteiger partial charge in [0.25, 0.3) is 0 Å². The number of hydrogen-bond donors (Lipinski definition) is 1. The van der Waals surface area contributed by atoms with Crippen molar-refractivity contribution in [2.24, 2.45) is 0 Å². The summed E-state index contributed by atoms with van der Waals surface area (Å²) in [6.07, 6.45) is 2.88. The molecule has 0 aliphatic rings. The fraction of sp³-hybridized carbons (Fsp3) is 0.929. The fourth-order valence-corrected chi connectivity index (χ4v) is 1.46. The predicted molar refractivity (Wildman–Crippen MR) is 74.4 cm³/mol. The standard InChI is InChI=1S/C14H28O6/c1-3-4-5-6-14(16)20-13(2)19-12-11-18-10-9-17-8-7-15/h13,15H,3-12H2,1-2H3. The summed E-state index contributed by atoms with van der Waals surface area (Å²) in [5.74, 6) is -0.218. The Morgan fingerprint density at radius 1 is 1.05 bits per heavy atom. The van der Waals surface area contributed by atoms with Crippen LogP contribution in [0.15, 0.2) is 0 Å². The van der Waals surface area contributed by atoms with Gasteiger partial charge in [0.15, 0.2) is 6.29 Å². The summed E-state index contributed by atoms with van der Waals surface area (Å²) in [4.78, 5) is 11.4. The Labute approximate surface area is 121 Å². The Hall–Kier alpha value is -0.690. The zero-order chi connectivity index (χ0) is 15.1. The number of unbranched alkanes of at least 4 members (excludes halogenated alkanes) is 2. The highest BCUT2D eigenvalue weighted by Crippen LogP contribution is 2.03. The SMILES string of the molecule is CCCCCC(=O)OC(C)OCCOCCOCCO. The van der Waals surface area contributed by atoms with Gasteiger partial charge in [-0.3, -0.25) is 4.79 Å². The van der Waals surface area contributed by atoms with E-state index in [2.05, 4.69) is 6.92 Å². The third-order valence-electron chi connectivity index (χ3n) is 2.47. The lowest BCUT2D eigenvalue weighted by molar-refractivity contribution is -0.177. The Morgan fingerprint density at radius 2 is 1.70 bits per heavy atom. The molecule has 0 aromatic heterocycles. The topological polar surface area (TPSA) is 74.2 Å². The number of rotatable bonds is 14. The predicted octanol–water partition coefficient (Wildman–Crippen LogP) is 1.50. The lowest BCUT2D eigenvalue weighted by Crippen LogP contribution is -2.20. The van der Waals surface area contributed by atoms with Crippen molar-refractivity contribution in [3.8, 4) is 0 Å². The van der Waals surface area contributed by atoms with Crippen LogP contribution in [0.3, 0.4) is 0 Å². The van der Waals surface area contributed by atoms with Gasteiger partial charge in [0.2, 0.25) is 0 Å². The maximum absolute atomic E-state index is 11.4. The number of hydrogen-bond acceptors (Lipinski definition) is 6. The molecule has 0 radical (unpaired) electrons. The molecule has 0 heterocycles. The second-order valence-corrected chi connectivity index (χ2v) is 4.33. The number of aliphatic hydroxyl groups is 1. The summed E-state index contributed by atoms with van der Waals surface area (Å²) >= 11 is 0. The molecule has 6 heteroatoms. The molecule has 120 valence electrons. The second kappa shape index (κ2) is 14.7. The van der Waals surface area contributed by atoms with Gasteiger partial charge >= 0.3 is 5.97 Å². The van der Waals surface area contributed by atoms with Gasteiger partial charge < -0.3 is 24.1 Å². The molecule has 1 unspecified atom stereocenters. The van der Waals surface area contributed by atoms with Gasteiger partial charge in [-0.05, 0) is 13.3 Å². The Bertz CT molecular complexity index is 222. The van der Waals surface area contributed by atoms with E-state index in [4.69, 9.17) is 24.1 Å². The number of esters is 1. The first-order chi connectivity index (χ1) is 9.70. The lowest BCUT2D eigenvalue weighted by atomic mass is 10.2. The number of carbonyl (C=O) groups is 1. The average Bonchev–Trinajstić information content (AvgIpc) is 2.42. The maximum atomic E-state index is 11.4. The van der Waals surface area contributed by atoms with Gasteiger partial charge in [-0.2, -0.15) is 0 Å². The molecule has 0 fully saturated rings. The molecular formula is C14H28O6. The van der Waals surface area contributed by atoms with Crippen LogP contribution in [-0.2, 0) is 23.7 Å². The van der Waals surface area contributed by atoms with E-state index in [1.807, 2.05) is 0 Å². The van der Waals surface area contributed by atoms with Crippen molar-refractivity contribution in [3.63, 3.8) is 0 Å². The Kier molecular flexibility index (Phi) is 14.2. The second-order valence-electron chi connectivity index (χ2n) is 4.33. The minimum absolute atomic E-state index is 0.0181. The van der Waals surface area contributed by atoms with Crippen LogP contribution < -0.4 is 0 Å². The molecule has 0 saturated heterocycles. The summed E-state index contributed by atoms with van der Waals surface area (Å²) in [6, 6.07) is 0. The zero-order valence-corrected chi connectivity index (χ0v) is 12.6. The number of aliphatic hydroxyl groups excluding tert-OH is 1. The van der Waals surface area contributed by atoms with Crippen LogP contribution in [0.4, 0.5) is 0 Å². The first kappa shape index (κ1) is 19.3. The molecule has 0 aliphatic carbocycles. The van der Waals surface area contributed by atoms with E-state index < -0.39 is 6.29 Å². The van der Waals surface area contributed by atoms with Gasteiger partial charge in [0.05, 0.1) is 39.6 Å². The molecule has 1 atom stereocenters. The van der Waals surface area contributed by atoms with Crippen LogP contribution in [0.2, 0.25) is 0 Å². The van der Waals surface area contributed by atoms with Crippen molar-refractivity contribution >= 4 is 5.97 Å². The van der Waals surface area contributed by atoms with Crippen molar-refractivity contribution in [1.29, 1.82) is 0 Å². The molecular weight excluding hydrogens is 264 g/mol. The molecule has 0 amide bonds. The van der Waals surface area contributed by atoms with Crippen LogP contribution in [-0.4, -0.2) is 57.0 Å². The smallest absolute Gasteiger partial charge is 0.308 e. The van der Waals surface area contributed by atoms with Crippen molar-refractivity contribution in [3.05, 3.63) is 0 Å². The van der Waals surface area contributed by atoms with Crippen LogP contribution in [0.5, 0.6) is 0 Å². The van der Waals surface area contributed by atoms with E-state index in [-0.39, 0.29) is 12.6 Å². The molecule has 20 heavy (non-hydrogen) atoms. The van der Waals surface area contributed by atoms with Gasteiger partial charge in [0.1, 0.15) is 0 Å². The average molecular weight is 292 g/mol. The van der Waals surface area contributed by atoms with Crippen molar-refractivity contribution in [2.45, 2.75) is 45.8 Å². The minimum atomic E-state index is -0.543. The van der Waals surface area contributed by atoms with Gasteiger partial charge in [0, 0.05) is 6.42 Å². The highest BCUT2D eigenvalue weighted by molar-refractivity contribution is 5.69. The van der Waals surface area contributed by atoms with Gasteiger partial charge in [-0.25, -0.2) is 0 Å². The third kappa shape index (κ3) is 13.7. The summed E-state index contributed by atoms with van der Waals surface area (Å²) in [7, 11) is 0. The molecule has 0 aromatic rings. The van der Waals surface area contributed by atoms with E-state index in [1.54, 1.807) is 6.92 Å². The maximum Gasteiger partial charge on any atom is 0.308 e. The van der Waals surface area contributed by atoms with Crippen molar-refractivity contribution in [1.82, 2.24) is 0 Å². The molecule has 0 spiro atoms. The van der Waals surface area contributed by atoms with Crippen molar-refractivity contribution < 1.29 is 28.8 Å². The molecule has 1 N–H and O–H groups in total.